The number of nitrogens with zero attached hydrogens (tertiary/aromatic N) is 3. The number of carbonyl (C=O) groups excluding carboxylic acids is 1. The van der Waals surface area contributed by atoms with Crippen LogP contribution in [0.4, 0.5) is 5.69 Å². The highest BCUT2D eigenvalue weighted by atomic mass is 16.3. The van der Waals surface area contributed by atoms with E-state index < -0.39 is 6.23 Å². The molecule has 0 saturated carbocycles. The van der Waals surface area contributed by atoms with Gasteiger partial charge in [-0.3, -0.25) is 14.6 Å². The number of rotatable bonds is 3. The number of benzene rings is 2. The number of likely N-dealkylation sites (tertiary alicyclic amines) is 1. The van der Waals surface area contributed by atoms with Gasteiger partial charge in [-0.15, -0.1) is 0 Å². The van der Waals surface area contributed by atoms with Gasteiger partial charge < -0.3 is 5.11 Å². The van der Waals surface area contributed by atoms with Crippen molar-refractivity contribution in [2.24, 2.45) is 5.41 Å². The molecule has 4 rings (SSSR count). The zero-order valence-corrected chi connectivity index (χ0v) is 15.2. The highest BCUT2D eigenvalue weighted by Crippen LogP contribution is 2.46. The SMILES string of the molecule is N#Cc1ccc(N2C(=O)CC3(CCN(Cc4ccccc4)CC3)C2O)cc1. The third kappa shape index (κ3) is 3.34. The van der Waals surface area contributed by atoms with Gasteiger partial charge in [0.15, 0.2) is 0 Å². The summed E-state index contributed by atoms with van der Waals surface area (Å²) in [6.07, 6.45) is 1.18. The van der Waals surface area contributed by atoms with E-state index in [-0.39, 0.29) is 11.3 Å². The van der Waals surface area contributed by atoms with Crippen LogP contribution in [0.3, 0.4) is 0 Å². The number of hydrogen-bond acceptors (Lipinski definition) is 4. The Kier molecular flexibility index (Phi) is 4.69. The van der Waals surface area contributed by atoms with Gasteiger partial charge in [-0.25, -0.2) is 0 Å². The Labute approximate surface area is 159 Å². The van der Waals surface area contributed by atoms with Crippen molar-refractivity contribution in [3.05, 3.63) is 65.7 Å². The summed E-state index contributed by atoms with van der Waals surface area (Å²) in [4.78, 5) is 16.6. The average Bonchev–Trinajstić information content (AvgIpc) is 2.94. The van der Waals surface area contributed by atoms with Gasteiger partial charge in [0.2, 0.25) is 5.91 Å². The Morgan fingerprint density at radius 1 is 1.07 bits per heavy atom. The van der Waals surface area contributed by atoms with E-state index in [1.807, 2.05) is 6.07 Å². The minimum atomic E-state index is -0.809. The molecule has 2 heterocycles. The third-order valence-corrected chi connectivity index (χ3v) is 5.94. The second kappa shape index (κ2) is 7.15. The summed E-state index contributed by atoms with van der Waals surface area (Å²) in [5.74, 6) is -0.0382. The first-order chi connectivity index (χ1) is 13.1. The van der Waals surface area contributed by atoms with Gasteiger partial charge in [-0.05, 0) is 55.8 Å². The molecule has 1 N–H and O–H groups in total. The zero-order chi connectivity index (χ0) is 18.9. The highest BCUT2D eigenvalue weighted by Gasteiger charge is 2.52. The number of aliphatic hydroxyl groups is 1. The first-order valence-corrected chi connectivity index (χ1v) is 9.38. The van der Waals surface area contributed by atoms with Gasteiger partial charge in [0.1, 0.15) is 6.23 Å². The molecule has 0 aromatic heterocycles. The smallest absolute Gasteiger partial charge is 0.229 e. The largest absolute Gasteiger partial charge is 0.373 e. The van der Waals surface area contributed by atoms with Crippen LogP contribution in [0.2, 0.25) is 0 Å². The molecule has 1 unspecified atom stereocenters. The van der Waals surface area contributed by atoms with Gasteiger partial charge in [-0.2, -0.15) is 5.26 Å². The number of carbonyl (C=O) groups is 1. The van der Waals surface area contributed by atoms with E-state index in [0.29, 0.717) is 17.7 Å². The predicted molar refractivity (Wildman–Crippen MR) is 103 cm³/mol. The van der Waals surface area contributed by atoms with Crippen molar-refractivity contribution in [2.45, 2.75) is 32.0 Å². The van der Waals surface area contributed by atoms with Crippen molar-refractivity contribution in [3.8, 4) is 6.07 Å². The van der Waals surface area contributed by atoms with Crippen LogP contribution in [0, 0.1) is 16.7 Å². The number of nitriles is 1. The van der Waals surface area contributed by atoms with E-state index in [4.69, 9.17) is 5.26 Å². The van der Waals surface area contributed by atoms with Crippen LogP contribution in [-0.4, -0.2) is 35.2 Å². The molecule has 1 spiro atoms. The van der Waals surface area contributed by atoms with Crippen molar-refractivity contribution in [2.75, 3.05) is 18.0 Å². The molecule has 5 nitrogen and oxygen atoms in total. The number of piperidine rings is 1. The molecular weight excluding hydrogens is 338 g/mol. The number of hydrogen-bond donors (Lipinski definition) is 1. The quantitative estimate of drug-likeness (QED) is 0.913. The molecule has 1 amide bonds. The molecule has 0 radical (unpaired) electrons. The number of amides is 1. The maximum atomic E-state index is 12.7. The molecule has 2 aliphatic rings. The normalized spacial score (nSPS) is 22.1. The van der Waals surface area contributed by atoms with Crippen LogP contribution in [0.15, 0.2) is 54.6 Å². The lowest BCUT2D eigenvalue weighted by Crippen LogP contribution is -2.47. The standard InChI is InChI=1S/C22H23N3O2/c23-15-17-6-8-19(9-7-17)25-20(26)14-22(21(25)27)10-12-24(13-11-22)16-18-4-2-1-3-5-18/h1-9,21,27H,10-14,16H2. The first kappa shape index (κ1) is 17.7. The topological polar surface area (TPSA) is 67.6 Å². The Balaban J connectivity index is 1.45. The van der Waals surface area contributed by atoms with Gasteiger partial charge in [0.25, 0.3) is 0 Å². The summed E-state index contributed by atoms with van der Waals surface area (Å²) in [7, 11) is 0. The molecular formula is C22H23N3O2. The van der Waals surface area contributed by atoms with Gasteiger partial charge in [-0.1, -0.05) is 30.3 Å². The lowest BCUT2D eigenvalue weighted by molar-refractivity contribution is -0.118. The molecule has 2 aliphatic heterocycles. The van der Waals surface area contributed by atoms with E-state index in [0.717, 1.165) is 32.5 Å². The Bertz CT molecular complexity index is 849. The van der Waals surface area contributed by atoms with Crippen LogP contribution in [0.1, 0.15) is 30.4 Å². The van der Waals surface area contributed by atoms with Crippen LogP contribution in [0.5, 0.6) is 0 Å². The fourth-order valence-electron chi connectivity index (χ4n) is 4.30. The number of aliphatic hydroxyl groups excluding tert-OH is 1. The van der Waals surface area contributed by atoms with Crippen molar-refractivity contribution in [3.63, 3.8) is 0 Å². The van der Waals surface area contributed by atoms with E-state index in [9.17, 15) is 9.90 Å². The summed E-state index contributed by atoms with van der Waals surface area (Å²) >= 11 is 0. The van der Waals surface area contributed by atoms with Crippen molar-refractivity contribution in [1.82, 2.24) is 4.90 Å². The van der Waals surface area contributed by atoms with Crippen LogP contribution in [0.25, 0.3) is 0 Å². The summed E-state index contributed by atoms with van der Waals surface area (Å²) in [5.41, 5.74) is 2.12. The second-order valence-electron chi connectivity index (χ2n) is 7.60. The summed E-state index contributed by atoms with van der Waals surface area (Å²) < 4.78 is 0. The molecule has 2 aromatic carbocycles. The van der Waals surface area contributed by atoms with E-state index >= 15 is 0 Å². The predicted octanol–water partition coefficient (Wildman–Crippen LogP) is 2.90. The third-order valence-electron chi connectivity index (χ3n) is 5.94. The molecule has 2 aromatic rings. The van der Waals surface area contributed by atoms with E-state index in [2.05, 4.69) is 35.2 Å². The maximum absolute atomic E-state index is 12.7. The summed E-state index contributed by atoms with van der Waals surface area (Å²) in [6, 6.07) is 19.3. The summed E-state index contributed by atoms with van der Waals surface area (Å²) in [5, 5.41) is 20.0. The number of anilines is 1. The van der Waals surface area contributed by atoms with E-state index in [1.54, 1.807) is 24.3 Å². The Morgan fingerprint density at radius 3 is 2.37 bits per heavy atom. The fraction of sp³-hybridized carbons (Fsp3) is 0.364. The maximum Gasteiger partial charge on any atom is 0.229 e. The van der Waals surface area contributed by atoms with Gasteiger partial charge in [0, 0.05) is 24.1 Å². The van der Waals surface area contributed by atoms with Crippen LogP contribution < -0.4 is 4.90 Å². The molecule has 138 valence electrons. The van der Waals surface area contributed by atoms with E-state index in [1.165, 1.54) is 10.5 Å². The Morgan fingerprint density at radius 2 is 1.74 bits per heavy atom. The zero-order valence-electron chi connectivity index (χ0n) is 15.2. The van der Waals surface area contributed by atoms with Crippen molar-refractivity contribution >= 4 is 11.6 Å². The Hall–Kier alpha value is -2.68. The monoisotopic (exact) mass is 361 g/mol. The summed E-state index contributed by atoms with van der Waals surface area (Å²) in [6.45, 7) is 2.65. The molecule has 0 aliphatic carbocycles. The minimum absolute atomic E-state index is 0.0382. The van der Waals surface area contributed by atoms with Crippen LogP contribution in [-0.2, 0) is 11.3 Å². The molecule has 5 heteroatoms. The average molecular weight is 361 g/mol. The van der Waals surface area contributed by atoms with Crippen molar-refractivity contribution < 1.29 is 9.90 Å². The highest BCUT2D eigenvalue weighted by molar-refractivity contribution is 5.97. The van der Waals surface area contributed by atoms with Crippen LogP contribution >= 0.6 is 0 Å². The van der Waals surface area contributed by atoms with Gasteiger partial charge in [0.05, 0.1) is 11.6 Å². The molecule has 0 bridgehead atoms. The minimum Gasteiger partial charge on any atom is -0.373 e. The second-order valence-corrected chi connectivity index (χ2v) is 7.60. The molecule has 2 fully saturated rings. The first-order valence-electron chi connectivity index (χ1n) is 9.38. The molecule has 2 saturated heterocycles. The lowest BCUT2D eigenvalue weighted by atomic mass is 9.76. The van der Waals surface area contributed by atoms with Gasteiger partial charge >= 0.3 is 0 Å². The van der Waals surface area contributed by atoms with Crippen molar-refractivity contribution in [1.29, 1.82) is 5.26 Å². The molecule has 27 heavy (non-hydrogen) atoms. The molecule has 1 atom stereocenters. The fourth-order valence-corrected chi connectivity index (χ4v) is 4.30. The lowest BCUT2D eigenvalue weighted by Gasteiger charge is -2.41.